The predicted molar refractivity (Wildman–Crippen MR) is 53.2 cm³/mol. The van der Waals surface area contributed by atoms with E-state index in [0.717, 1.165) is 11.8 Å². The Hall–Kier alpha value is -0.440. The normalized spacial score (nSPS) is 10.5. The molecule has 0 aliphatic carbocycles. The third-order valence-electron chi connectivity index (χ3n) is 1.94. The van der Waals surface area contributed by atoms with Gasteiger partial charge in [-0.25, -0.2) is 8.78 Å². The molecule has 0 spiro atoms. The molecular formula is C10H11BrF2. The van der Waals surface area contributed by atoms with Gasteiger partial charge in [-0.1, -0.05) is 28.1 Å². The maximum atomic E-state index is 13.2. The number of alkyl halides is 1. The molecule has 0 unspecified atom stereocenters. The number of rotatable bonds is 3. The lowest BCUT2D eigenvalue weighted by molar-refractivity contribution is 0.493. The third-order valence-corrected chi connectivity index (χ3v) is 2.50. The standard InChI is InChI=1S/C10H11BrF2/c1-7-4-5-8(3-2-6-11)10(13)9(7)12/h4-5H,2-3,6H2,1H3. The summed E-state index contributed by atoms with van der Waals surface area (Å²) in [5.74, 6) is -1.41. The second-order valence-corrected chi connectivity index (χ2v) is 3.76. The van der Waals surface area contributed by atoms with Crippen LogP contribution in [0.25, 0.3) is 0 Å². The Morgan fingerprint density at radius 3 is 2.54 bits per heavy atom. The van der Waals surface area contributed by atoms with E-state index >= 15 is 0 Å². The topological polar surface area (TPSA) is 0 Å². The predicted octanol–water partition coefficient (Wildman–Crippen LogP) is 3.60. The summed E-state index contributed by atoms with van der Waals surface area (Å²) in [6.45, 7) is 1.56. The molecule has 13 heavy (non-hydrogen) atoms. The van der Waals surface area contributed by atoms with Crippen LogP contribution in [0.15, 0.2) is 12.1 Å². The van der Waals surface area contributed by atoms with Crippen molar-refractivity contribution in [2.45, 2.75) is 19.8 Å². The second-order valence-electron chi connectivity index (χ2n) is 2.96. The van der Waals surface area contributed by atoms with Gasteiger partial charge >= 0.3 is 0 Å². The van der Waals surface area contributed by atoms with Crippen molar-refractivity contribution in [1.29, 1.82) is 0 Å². The van der Waals surface area contributed by atoms with Crippen LogP contribution in [0.3, 0.4) is 0 Å². The average molecular weight is 249 g/mol. The molecule has 0 heterocycles. The highest BCUT2D eigenvalue weighted by Gasteiger charge is 2.09. The monoisotopic (exact) mass is 248 g/mol. The highest BCUT2D eigenvalue weighted by atomic mass is 79.9. The lowest BCUT2D eigenvalue weighted by Crippen LogP contribution is -1.97. The van der Waals surface area contributed by atoms with E-state index in [4.69, 9.17) is 0 Å². The van der Waals surface area contributed by atoms with Crippen molar-refractivity contribution in [1.82, 2.24) is 0 Å². The van der Waals surface area contributed by atoms with E-state index < -0.39 is 11.6 Å². The molecule has 0 aliphatic rings. The second kappa shape index (κ2) is 4.70. The molecule has 0 saturated heterocycles. The van der Waals surface area contributed by atoms with E-state index in [1.165, 1.54) is 0 Å². The van der Waals surface area contributed by atoms with E-state index in [0.29, 0.717) is 17.5 Å². The smallest absolute Gasteiger partial charge is 0.162 e. The Morgan fingerprint density at radius 2 is 1.92 bits per heavy atom. The van der Waals surface area contributed by atoms with Gasteiger partial charge in [0.2, 0.25) is 0 Å². The highest BCUT2D eigenvalue weighted by molar-refractivity contribution is 9.09. The Bertz CT molecular complexity index is 297. The van der Waals surface area contributed by atoms with Gasteiger partial charge in [0.05, 0.1) is 0 Å². The summed E-state index contributed by atoms with van der Waals surface area (Å²) in [6, 6.07) is 3.26. The van der Waals surface area contributed by atoms with Crippen LogP contribution in [0.5, 0.6) is 0 Å². The van der Waals surface area contributed by atoms with Crippen molar-refractivity contribution < 1.29 is 8.78 Å². The first kappa shape index (κ1) is 10.6. The van der Waals surface area contributed by atoms with Gasteiger partial charge < -0.3 is 0 Å². The summed E-state index contributed by atoms with van der Waals surface area (Å²) in [5.41, 5.74) is 0.822. The molecule has 0 radical (unpaired) electrons. The van der Waals surface area contributed by atoms with Crippen molar-refractivity contribution in [2.75, 3.05) is 5.33 Å². The van der Waals surface area contributed by atoms with Gasteiger partial charge in [0.15, 0.2) is 11.6 Å². The Balaban J connectivity index is 2.90. The number of benzene rings is 1. The molecule has 0 nitrogen and oxygen atoms in total. The van der Waals surface area contributed by atoms with Crippen LogP contribution in [0.4, 0.5) is 8.78 Å². The summed E-state index contributed by atoms with van der Waals surface area (Å²) < 4.78 is 26.2. The lowest BCUT2D eigenvalue weighted by atomic mass is 10.1. The molecule has 0 saturated carbocycles. The quantitative estimate of drug-likeness (QED) is 0.718. The van der Waals surface area contributed by atoms with Gasteiger partial charge in [-0.05, 0) is 30.9 Å². The molecule has 0 bridgehead atoms. The molecule has 1 aromatic carbocycles. The lowest BCUT2D eigenvalue weighted by Gasteiger charge is -2.04. The Kier molecular flexibility index (Phi) is 3.85. The third kappa shape index (κ3) is 2.50. The zero-order valence-corrected chi connectivity index (χ0v) is 9.00. The summed E-state index contributed by atoms with van der Waals surface area (Å²) in [5, 5.41) is 0.807. The highest BCUT2D eigenvalue weighted by Crippen LogP contribution is 2.17. The number of aryl methyl sites for hydroxylation is 2. The minimum Gasteiger partial charge on any atom is -0.203 e. The molecule has 0 amide bonds. The summed E-state index contributed by atoms with van der Waals surface area (Å²) >= 11 is 3.25. The molecule has 72 valence electrons. The van der Waals surface area contributed by atoms with Crippen molar-refractivity contribution >= 4 is 15.9 Å². The average Bonchev–Trinajstić information content (AvgIpc) is 2.13. The van der Waals surface area contributed by atoms with E-state index in [9.17, 15) is 8.78 Å². The first-order chi connectivity index (χ1) is 6.16. The SMILES string of the molecule is Cc1ccc(CCCBr)c(F)c1F. The molecule has 3 heteroatoms. The van der Waals surface area contributed by atoms with Crippen LogP contribution in [-0.4, -0.2) is 5.33 Å². The van der Waals surface area contributed by atoms with Crippen LogP contribution in [-0.2, 0) is 6.42 Å². The van der Waals surface area contributed by atoms with Crippen molar-refractivity contribution in [3.8, 4) is 0 Å². The van der Waals surface area contributed by atoms with Gasteiger partial charge in [-0.3, -0.25) is 0 Å². The number of halogens is 3. The maximum absolute atomic E-state index is 13.2. The van der Waals surface area contributed by atoms with E-state index in [-0.39, 0.29) is 0 Å². The van der Waals surface area contributed by atoms with Gasteiger partial charge in [-0.15, -0.1) is 0 Å². The largest absolute Gasteiger partial charge is 0.203 e. The molecule has 0 fully saturated rings. The zero-order chi connectivity index (χ0) is 9.84. The molecular weight excluding hydrogens is 238 g/mol. The molecule has 0 atom stereocenters. The first-order valence-electron chi connectivity index (χ1n) is 4.16. The van der Waals surface area contributed by atoms with Gasteiger partial charge in [-0.2, -0.15) is 0 Å². The minimum absolute atomic E-state index is 0.361. The first-order valence-corrected chi connectivity index (χ1v) is 5.28. The molecule has 1 rings (SSSR count). The van der Waals surface area contributed by atoms with Gasteiger partial charge in [0, 0.05) is 5.33 Å². The van der Waals surface area contributed by atoms with Crippen molar-refractivity contribution in [3.63, 3.8) is 0 Å². The van der Waals surface area contributed by atoms with Gasteiger partial charge in [0.1, 0.15) is 0 Å². The van der Waals surface area contributed by atoms with E-state index in [1.54, 1.807) is 19.1 Å². The fourth-order valence-corrected chi connectivity index (χ4v) is 1.42. The summed E-state index contributed by atoms with van der Waals surface area (Å²) in [4.78, 5) is 0. The molecule has 0 aliphatic heterocycles. The van der Waals surface area contributed by atoms with E-state index in [2.05, 4.69) is 15.9 Å². The van der Waals surface area contributed by atoms with Crippen LogP contribution < -0.4 is 0 Å². The number of hydrogen-bond acceptors (Lipinski definition) is 0. The summed E-state index contributed by atoms with van der Waals surface area (Å²) in [6.07, 6.45) is 1.40. The maximum Gasteiger partial charge on any atom is 0.162 e. The summed E-state index contributed by atoms with van der Waals surface area (Å²) in [7, 11) is 0. The minimum atomic E-state index is -0.716. The van der Waals surface area contributed by atoms with Gasteiger partial charge in [0.25, 0.3) is 0 Å². The van der Waals surface area contributed by atoms with Crippen LogP contribution >= 0.6 is 15.9 Å². The van der Waals surface area contributed by atoms with Crippen molar-refractivity contribution in [2.24, 2.45) is 0 Å². The molecule has 1 aromatic rings. The Morgan fingerprint density at radius 1 is 1.23 bits per heavy atom. The fraction of sp³-hybridized carbons (Fsp3) is 0.400. The zero-order valence-electron chi connectivity index (χ0n) is 7.41. The van der Waals surface area contributed by atoms with Crippen LogP contribution in [0, 0.1) is 18.6 Å². The number of hydrogen-bond donors (Lipinski definition) is 0. The fourth-order valence-electron chi connectivity index (χ4n) is 1.14. The van der Waals surface area contributed by atoms with Crippen LogP contribution in [0.2, 0.25) is 0 Å². The van der Waals surface area contributed by atoms with E-state index in [1.807, 2.05) is 0 Å². The Labute approximate surface area is 85.1 Å². The van der Waals surface area contributed by atoms with Crippen molar-refractivity contribution in [3.05, 3.63) is 34.9 Å². The molecule has 0 N–H and O–H groups in total. The van der Waals surface area contributed by atoms with Crippen LogP contribution in [0.1, 0.15) is 17.5 Å². The molecule has 0 aromatic heterocycles.